The van der Waals surface area contributed by atoms with E-state index in [0.29, 0.717) is 6.41 Å². The normalized spacial score (nSPS) is 5.57. The van der Waals surface area contributed by atoms with E-state index in [4.69, 9.17) is 4.79 Å². The number of hydrazine groups is 1. The summed E-state index contributed by atoms with van der Waals surface area (Å²) in [5, 5.41) is 0. The monoisotopic (exact) mass is 141 g/mol. The Morgan fingerprint density at radius 2 is 1.71 bits per heavy atom. The molecule has 4 N–H and O–H groups in total. The molecule has 0 rings (SSSR count). The summed E-state index contributed by atoms with van der Waals surface area (Å²) in [4.78, 5) is 8.94. The molecule has 4 nitrogen and oxygen atoms in total. The van der Waals surface area contributed by atoms with Crippen LogP contribution >= 0.6 is 25.6 Å². The minimum atomic E-state index is 0.403. The molecule has 0 aromatic carbocycles. The fraction of sp³-hybridized carbons (Fsp3) is 0. The van der Waals surface area contributed by atoms with Gasteiger partial charge < -0.3 is 0 Å². The predicted octanol–water partition coefficient (Wildman–Crippen LogP) is -1.13. The molecule has 0 unspecified atom stereocenters. The maximum absolute atomic E-state index is 8.94. The van der Waals surface area contributed by atoms with Crippen molar-refractivity contribution in [3.05, 3.63) is 0 Å². The van der Waals surface area contributed by atoms with Gasteiger partial charge in [0, 0.05) is 0 Å². The van der Waals surface area contributed by atoms with Crippen LogP contribution in [0.1, 0.15) is 0 Å². The first kappa shape index (κ1) is 10.1. The van der Waals surface area contributed by atoms with E-state index in [1.165, 1.54) is 0 Å². The third kappa shape index (κ3) is 85.7. The van der Waals surface area contributed by atoms with Gasteiger partial charge in [-0.2, -0.15) is 0 Å². The molecule has 0 atom stereocenters. The fourth-order valence-corrected chi connectivity index (χ4v) is 0. The number of carbonyl (C=O) groups is 1. The highest BCUT2D eigenvalue weighted by Crippen LogP contribution is 1.54. The van der Waals surface area contributed by atoms with Crippen molar-refractivity contribution in [3.63, 3.8) is 0 Å². The minimum Gasteiger partial charge on any atom is -0.297 e. The molecule has 7 heavy (non-hydrogen) atoms. The van der Waals surface area contributed by atoms with E-state index in [1.807, 2.05) is 0 Å². The van der Waals surface area contributed by atoms with Gasteiger partial charge in [0.15, 0.2) is 0 Å². The van der Waals surface area contributed by atoms with Crippen molar-refractivity contribution in [2.45, 2.75) is 0 Å². The Hall–Kier alpha value is 0.0900. The zero-order valence-electron chi connectivity index (χ0n) is 3.46. The van der Waals surface area contributed by atoms with Crippen molar-refractivity contribution in [3.8, 4) is 0 Å². The van der Waals surface area contributed by atoms with Crippen LogP contribution in [0.4, 0.5) is 0 Å². The number of amides is 1. The summed E-state index contributed by atoms with van der Waals surface area (Å²) in [7, 11) is 0. The van der Waals surface area contributed by atoms with Crippen molar-refractivity contribution in [1.29, 1.82) is 0 Å². The summed E-state index contributed by atoms with van der Waals surface area (Å²) in [6, 6.07) is 0. The largest absolute Gasteiger partial charge is 0.297 e. The second kappa shape index (κ2) is 16.5. The van der Waals surface area contributed by atoms with Gasteiger partial charge >= 0.3 is 0 Å². The third-order valence-corrected chi connectivity index (χ3v) is 0.0680. The maximum atomic E-state index is 8.94. The quantitative estimate of drug-likeness (QED) is 0.106. The minimum absolute atomic E-state index is 0.403. The molecule has 0 fully saturated rings. The van der Waals surface area contributed by atoms with Crippen LogP contribution in [0.25, 0.3) is 0 Å². The Balaban J connectivity index is 0. The average Bonchev–Trinajstić information content (AvgIpc) is 1.69. The molecule has 0 saturated heterocycles. The van der Waals surface area contributed by atoms with Crippen LogP contribution in [0.15, 0.2) is 0 Å². The Morgan fingerprint density at radius 3 is 1.71 bits per heavy atom. The zero-order chi connectivity index (χ0) is 6.12. The Labute approximate surface area is 52.9 Å². The predicted molar refractivity (Wildman–Crippen MR) is 34.5 cm³/mol. The molecule has 0 bridgehead atoms. The van der Waals surface area contributed by atoms with Crippen LogP contribution in [-0.4, -0.2) is 6.41 Å². The third-order valence-electron chi connectivity index (χ3n) is 0.0680. The van der Waals surface area contributed by atoms with E-state index in [9.17, 15) is 0 Å². The molecule has 0 heterocycles. The molecule has 0 spiro atoms. The number of hydrogen-bond donors (Lipinski definition) is 5. The molecule has 0 aliphatic heterocycles. The SMILES string of the molecule is NNC=O.SNS. The van der Waals surface area contributed by atoms with Crippen LogP contribution in [0, 0.1) is 0 Å². The van der Waals surface area contributed by atoms with Gasteiger partial charge in [0.2, 0.25) is 6.41 Å². The fourth-order valence-electron chi connectivity index (χ4n) is 0. The Morgan fingerprint density at radius 1 is 1.57 bits per heavy atom. The number of rotatable bonds is 1. The molecule has 0 aromatic rings. The summed E-state index contributed by atoms with van der Waals surface area (Å²) >= 11 is 6.81. The number of nitrogens with one attached hydrogen (secondary N) is 2. The van der Waals surface area contributed by atoms with Crippen molar-refractivity contribution in [2.75, 3.05) is 0 Å². The van der Waals surface area contributed by atoms with Gasteiger partial charge in [0.05, 0.1) is 0 Å². The van der Waals surface area contributed by atoms with E-state index >= 15 is 0 Å². The van der Waals surface area contributed by atoms with Gasteiger partial charge in [0.1, 0.15) is 0 Å². The molecular formula is CH7N3OS2. The van der Waals surface area contributed by atoms with E-state index in [-0.39, 0.29) is 0 Å². The van der Waals surface area contributed by atoms with Crippen LogP contribution in [0.5, 0.6) is 0 Å². The van der Waals surface area contributed by atoms with Crippen LogP contribution in [0.2, 0.25) is 0 Å². The van der Waals surface area contributed by atoms with E-state index in [1.54, 1.807) is 5.43 Å². The smallest absolute Gasteiger partial charge is 0.221 e. The second-order valence-corrected chi connectivity index (χ2v) is 1.18. The molecule has 1 amide bonds. The number of hydrogen-bond acceptors (Lipinski definition) is 5. The molecule has 0 radical (unpaired) electrons. The molecule has 6 heteroatoms. The molecule has 0 aliphatic rings. The van der Waals surface area contributed by atoms with Crippen LogP contribution < -0.4 is 15.4 Å². The summed E-state index contributed by atoms with van der Waals surface area (Å²) in [6.45, 7) is 0. The van der Waals surface area contributed by atoms with Gasteiger partial charge in [-0.1, -0.05) is 25.6 Å². The van der Waals surface area contributed by atoms with Crippen molar-refractivity contribution >= 4 is 32.0 Å². The molecule has 0 aliphatic carbocycles. The highest BCUT2D eigenvalue weighted by molar-refractivity contribution is 7.94. The van der Waals surface area contributed by atoms with E-state index < -0.39 is 0 Å². The van der Waals surface area contributed by atoms with E-state index in [0.717, 1.165) is 0 Å². The number of nitrogens with two attached hydrogens (primary N) is 1. The maximum Gasteiger partial charge on any atom is 0.221 e. The first-order chi connectivity index (χ1) is 3.33. The lowest BCUT2D eigenvalue weighted by atomic mass is 11.4. The molecule has 0 aromatic heterocycles. The summed E-state index contributed by atoms with van der Waals surface area (Å²) in [5.74, 6) is 4.41. The van der Waals surface area contributed by atoms with Gasteiger partial charge in [-0.05, 0) is 0 Å². The zero-order valence-corrected chi connectivity index (χ0v) is 5.25. The lowest BCUT2D eigenvalue weighted by Crippen LogP contribution is -2.18. The Bertz CT molecular complexity index is 34.1. The second-order valence-electron chi connectivity index (χ2n) is 0.385. The number of thiol groups is 2. The number of carbonyl (C=O) groups excluding carboxylic acids is 1. The van der Waals surface area contributed by atoms with Crippen molar-refractivity contribution < 1.29 is 4.79 Å². The summed E-state index contributed by atoms with van der Waals surface area (Å²) in [6.07, 6.45) is 0.403. The van der Waals surface area contributed by atoms with Crippen LogP contribution in [-0.2, 0) is 4.79 Å². The van der Waals surface area contributed by atoms with E-state index in [2.05, 4.69) is 35.6 Å². The highest BCUT2D eigenvalue weighted by Gasteiger charge is 1.42. The average molecular weight is 141 g/mol. The first-order valence-corrected chi connectivity index (χ1v) is 2.15. The first-order valence-electron chi connectivity index (χ1n) is 1.26. The Kier molecular flexibility index (Phi) is 24.0. The summed E-state index contributed by atoms with van der Waals surface area (Å²) < 4.78 is 2.14. The molecule has 0 saturated carbocycles. The van der Waals surface area contributed by atoms with Gasteiger partial charge in [-0.25, -0.2) is 9.97 Å². The standard InChI is InChI=1S/CH4N2O.H3NS2/c2-3-1-4;2-1-3/h1H,2H2,(H,3,4);1-3H. The molecular weight excluding hydrogens is 134 g/mol. The van der Waals surface area contributed by atoms with Gasteiger partial charge in [-0.3, -0.25) is 10.2 Å². The van der Waals surface area contributed by atoms with Crippen molar-refractivity contribution in [2.24, 2.45) is 5.84 Å². The van der Waals surface area contributed by atoms with Crippen molar-refractivity contribution in [1.82, 2.24) is 9.55 Å². The molecule has 44 valence electrons. The lowest BCUT2D eigenvalue weighted by molar-refractivity contribution is -0.109. The lowest BCUT2D eigenvalue weighted by Gasteiger charge is -1.66. The van der Waals surface area contributed by atoms with Gasteiger partial charge in [0.25, 0.3) is 0 Å². The van der Waals surface area contributed by atoms with Crippen LogP contribution in [0.3, 0.4) is 0 Å². The topological polar surface area (TPSA) is 67.1 Å². The van der Waals surface area contributed by atoms with Gasteiger partial charge in [-0.15, -0.1) is 0 Å². The highest BCUT2D eigenvalue weighted by atomic mass is 32.2. The summed E-state index contributed by atoms with van der Waals surface area (Å²) in [5.41, 5.74) is 1.75.